The van der Waals surface area contributed by atoms with Crippen LogP contribution in [0, 0.1) is 0 Å². The van der Waals surface area contributed by atoms with Gasteiger partial charge in [-0.05, 0) is 36.8 Å². The Morgan fingerprint density at radius 1 is 1.07 bits per heavy atom. The highest BCUT2D eigenvalue weighted by molar-refractivity contribution is 6.30. The molecule has 2 saturated heterocycles. The minimum atomic E-state index is -1.42. The molecule has 0 aliphatic carbocycles. The molecule has 0 radical (unpaired) electrons. The van der Waals surface area contributed by atoms with E-state index in [1.807, 2.05) is 18.2 Å². The Balaban J connectivity index is 0.00000225. The van der Waals surface area contributed by atoms with Crippen LogP contribution in [-0.4, -0.2) is 40.5 Å². The molecule has 2 aliphatic rings. The lowest BCUT2D eigenvalue weighted by Gasteiger charge is -2.44. The molecule has 2 heterocycles. The van der Waals surface area contributed by atoms with Crippen molar-refractivity contribution in [1.29, 1.82) is 0 Å². The van der Waals surface area contributed by atoms with E-state index in [1.54, 1.807) is 31.2 Å². The van der Waals surface area contributed by atoms with Gasteiger partial charge in [0, 0.05) is 37.5 Å². The van der Waals surface area contributed by atoms with Crippen molar-refractivity contribution < 1.29 is 14.6 Å². The minimum absolute atomic E-state index is 0. The number of anilines is 1. The first-order valence-electron chi connectivity index (χ1n) is 9.19. The second kappa shape index (κ2) is 7.91. The van der Waals surface area contributed by atoms with E-state index in [-0.39, 0.29) is 12.4 Å². The molecule has 1 atom stereocenters. The van der Waals surface area contributed by atoms with Gasteiger partial charge < -0.3 is 9.84 Å². The lowest BCUT2D eigenvalue weighted by molar-refractivity contribution is -0.125. The Morgan fingerprint density at radius 2 is 1.68 bits per heavy atom. The molecule has 28 heavy (non-hydrogen) atoms. The Kier molecular flexibility index (Phi) is 5.92. The number of ether oxygens (including phenoxy) is 1. The van der Waals surface area contributed by atoms with Crippen molar-refractivity contribution in [3.05, 3.63) is 65.2 Å². The van der Waals surface area contributed by atoms with E-state index in [0.29, 0.717) is 23.6 Å². The largest absolute Gasteiger partial charge is 0.437 e. The molecule has 2 aliphatic heterocycles. The first-order chi connectivity index (χ1) is 12.9. The molecule has 2 aromatic carbocycles. The Morgan fingerprint density at radius 3 is 2.29 bits per heavy atom. The highest BCUT2D eigenvalue weighted by atomic mass is 35.5. The number of likely N-dealkylation sites (tertiary alicyclic amines) is 1. The van der Waals surface area contributed by atoms with E-state index < -0.39 is 17.4 Å². The highest BCUT2D eigenvalue weighted by Gasteiger charge is 2.63. The van der Waals surface area contributed by atoms with Gasteiger partial charge in [-0.25, -0.2) is 9.69 Å². The van der Waals surface area contributed by atoms with Crippen molar-refractivity contribution in [2.45, 2.75) is 37.6 Å². The van der Waals surface area contributed by atoms with Crippen molar-refractivity contribution in [3.63, 3.8) is 0 Å². The zero-order valence-corrected chi connectivity index (χ0v) is 17.2. The summed E-state index contributed by atoms with van der Waals surface area (Å²) >= 11 is 5.95. The van der Waals surface area contributed by atoms with Crippen LogP contribution in [0.1, 0.15) is 25.3 Å². The third-order valence-electron chi connectivity index (χ3n) is 5.76. The summed E-state index contributed by atoms with van der Waals surface area (Å²) in [6, 6.07) is 17.2. The SMILES string of the molecule is CC1(O)N(c2ccc(Cl)cc2)C(=O)OC12CCN(Cc1ccccc1)CC2.Cl. The van der Waals surface area contributed by atoms with Crippen LogP contribution in [-0.2, 0) is 11.3 Å². The van der Waals surface area contributed by atoms with Crippen LogP contribution in [0.5, 0.6) is 0 Å². The molecule has 0 saturated carbocycles. The number of nitrogens with zero attached hydrogens (tertiary/aromatic N) is 2. The molecule has 150 valence electrons. The maximum atomic E-state index is 12.6. The van der Waals surface area contributed by atoms with Crippen LogP contribution in [0.2, 0.25) is 5.02 Å². The van der Waals surface area contributed by atoms with E-state index in [9.17, 15) is 9.90 Å². The maximum absolute atomic E-state index is 12.6. The summed E-state index contributed by atoms with van der Waals surface area (Å²) in [6.07, 6.45) is 0.657. The molecule has 5 nitrogen and oxygen atoms in total. The molecule has 4 rings (SSSR count). The zero-order chi connectivity index (χ0) is 19.1. The minimum Gasteiger partial charge on any atom is -0.437 e. The summed E-state index contributed by atoms with van der Waals surface area (Å²) in [4.78, 5) is 16.3. The van der Waals surface area contributed by atoms with Gasteiger partial charge in [0.1, 0.15) is 0 Å². The van der Waals surface area contributed by atoms with E-state index in [4.69, 9.17) is 16.3 Å². The number of benzene rings is 2. The van der Waals surface area contributed by atoms with E-state index in [2.05, 4.69) is 17.0 Å². The van der Waals surface area contributed by atoms with E-state index >= 15 is 0 Å². The smallest absolute Gasteiger partial charge is 0.417 e. The van der Waals surface area contributed by atoms with E-state index in [0.717, 1.165) is 19.6 Å². The third kappa shape index (κ3) is 3.60. The van der Waals surface area contributed by atoms with Gasteiger partial charge in [-0.15, -0.1) is 12.4 Å². The van der Waals surface area contributed by atoms with Gasteiger partial charge in [-0.1, -0.05) is 41.9 Å². The fraction of sp³-hybridized carbons (Fsp3) is 0.381. The number of carbonyl (C=O) groups excluding carboxylic acids is 1. The number of halogens is 2. The Bertz CT molecular complexity index is 819. The fourth-order valence-corrected chi connectivity index (χ4v) is 4.25. The van der Waals surface area contributed by atoms with Crippen molar-refractivity contribution >= 4 is 35.8 Å². The number of rotatable bonds is 3. The fourth-order valence-electron chi connectivity index (χ4n) is 4.13. The second-order valence-electron chi connectivity index (χ2n) is 7.46. The molecule has 2 fully saturated rings. The molecule has 0 bridgehead atoms. The van der Waals surface area contributed by atoms with Crippen molar-refractivity contribution in [2.75, 3.05) is 18.0 Å². The van der Waals surface area contributed by atoms with Gasteiger partial charge in [0.15, 0.2) is 11.3 Å². The van der Waals surface area contributed by atoms with Crippen LogP contribution in [0.3, 0.4) is 0 Å². The van der Waals surface area contributed by atoms with Gasteiger partial charge in [0.05, 0.1) is 5.69 Å². The Hall–Kier alpha value is -1.79. The standard InChI is InChI=1S/C21H23ClN2O3.ClH/c1-20(26)21(27-19(25)24(20)18-9-7-17(22)8-10-18)11-13-23(14-12-21)15-16-5-3-2-4-6-16;/h2-10,26H,11-15H2,1H3;1H. The molecule has 1 spiro atoms. The van der Waals surface area contributed by atoms with Gasteiger partial charge >= 0.3 is 6.09 Å². The first kappa shape index (κ1) is 20.9. The van der Waals surface area contributed by atoms with Gasteiger partial charge in [0.25, 0.3) is 0 Å². The van der Waals surface area contributed by atoms with Crippen molar-refractivity contribution in [1.82, 2.24) is 4.90 Å². The predicted molar refractivity (Wildman–Crippen MR) is 112 cm³/mol. The lowest BCUT2D eigenvalue weighted by Crippen LogP contribution is -2.60. The van der Waals surface area contributed by atoms with Crippen LogP contribution < -0.4 is 4.90 Å². The molecule has 0 aromatic heterocycles. The summed E-state index contributed by atoms with van der Waals surface area (Å²) in [5.74, 6) is 0. The summed E-state index contributed by atoms with van der Waals surface area (Å²) in [5.41, 5.74) is -0.488. The van der Waals surface area contributed by atoms with Gasteiger partial charge in [0.2, 0.25) is 0 Å². The molecular formula is C21H24Cl2N2O3. The average molecular weight is 423 g/mol. The average Bonchev–Trinajstić information content (AvgIpc) is 2.84. The number of hydrogen-bond acceptors (Lipinski definition) is 4. The summed E-state index contributed by atoms with van der Waals surface area (Å²) in [6.45, 7) is 4.03. The lowest BCUT2D eigenvalue weighted by atomic mass is 9.81. The van der Waals surface area contributed by atoms with Crippen LogP contribution in [0.4, 0.5) is 10.5 Å². The van der Waals surface area contributed by atoms with Crippen LogP contribution in [0.25, 0.3) is 0 Å². The summed E-state index contributed by atoms with van der Waals surface area (Å²) in [5, 5.41) is 11.9. The molecule has 2 aromatic rings. The number of hydrogen-bond donors (Lipinski definition) is 1. The molecule has 1 N–H and O–H groups in total. The second-order valence-corrected chi connectivity index (χ2v) is 7.89. The summed E-state index contributed by atoms with van der Waals surface area (Å²) < 4.78 is 5.78. The van der Waals surface area contributed by atoms with Crippen molar-refractivity contribution in [2.24, 2.45) is 0 Å². The number of aliphatic hydroxyl groups is 1. The number of piperidine rings is 1. The third-order valence-corrected chi connectivity index (χ3v) is 6.01. The van der Waals surface area contributed by atoms with Gasteiger partial charge in [-0.3, -0.25) is 4.90 Å². The normalized spacial score (nSPS) is 24.1. The Labute approximate surface area is 176 Å². The quantitative estimate of drug-likeness (QED) is 0.792. The molecule has 1 amide bonds. The highest BCUT2D eigenvalue weighted by Crippen LogP contribution is 2.46. The molecular weight excluding hydrogens is 399 g/mol. The van der Waals surface area contributed by atoms with E-state index in [1.165, 1.54) is 10.5 Å². The summed E-state index contributed by atoms with van der Waals surface area (Å²) in [7, 11) is 0. The zero-order valence-electron chi connectivity index (χ0n) is 15.7. The predicted octanol–water partition coefficient (Wildman–Crippen LogP) is 4.46. The topological polar surface area (TPSA) is 53.0 Å². The molecule has 1 unspecified atom stereocenters. The maximum Gasteiger partial charge on any atom is 0.417 e. The van der Waals surface area contributed by atoms with Crippen LogP contribution in [0.15, 0.2) is 54.6 Å². The first-order valence-corrected chi connectivity index (χ1v) is 9.57. The van der Waals surface area contributed by atoms with Crippen LogP contribution >= 0.6 is 24.0 Å². The van der Waals surface area contributed by atoms with Gasteiger partial charge in [-0.2, -0.15) is 0 Å². The number of amides is 1. The molecule has 7 heteroatoms. The van der Waals surface area contributed by atoms with Crippen molar-refractivity contribution in [3.8, 4) is 0 Å². The number of carbonyl (C=O) groups is 1. The monoisotopic (exact) mass is 422 g/mol.